The molecule has 0 aliphatic rings. The highest BCUT2D eigenvalue weighted by Crippen LogP contribution is 2.07. The molecule has 1 aromatic carbocycles. The van der Waals surface area contributed by atoms with E-state index in [1.165, 1.54) is 0 Å². The molecule has 0 aliphatic carbocycles. The lowest BCUT2D eigenvalue weighted by molar-refractivity contribution is -0.117. The Morgan fingerprint density at radius 3 is 2.41 bits per heavy atom. The summed E-state index contributed by atoms with van der Waals surface area (Å²) in [6, 6.07) is 7.67. The Balaban J connectivity index is 2.53. The highest BCUT2D eigenvalue weighted by atomic mass is 16.1. The fourth-order valence-corrected chi connectivity index (χ4v) is 1.52. The van der Waals surface area contributed by atoms with Crippen LogP contribution >= 0.6 is 0 Å². The zero-order valence-electron chi connectivity index (χ0n) is 10.4. The summed E-state index contributed by atoms with van der Waals surface area (Å²) in [6.07, 6.45) is 5.26. The van der Waals surface area contributed by atoms with E-state index in [0.717, 1.165) is 24.1 Å². The van der Waals surface area contributed by atoms with Gasteiger partial charge in [0.1, 0.15) is 0 Å². The third-order valence-electron chi connectivity index (χ3n) is 2.70. The van der Waals surface area contributed by atoms with Crippen molar-refractivity contribution in [3.05, 3.63) is 35.9 Å². The Bertz CT molecular complexity index is 378. The Hall–Kier alpha value is -1.77. The van der Waals surface area contributed by atoms with Gasteiger partial charge in [0.15, 0.2) is 0 Å². The van der Waals surface area contributed by atoms with Gasteiger partial charge in [-0.3, -0.25) is 4.79 Å². The fourth-order valence-electron chi connectivity index (χ4n) is 1.52. The smallest absolute Gasteiger partial charge is 0.244 e. The lowest BCUT2D eigenvalue weighted by Crippen LogP contribution is -2.32. The quantitative estimate of drug-likeness (QED) is 0.605. The van der Waals surface area contributed by atoms with Gasteiger partial charge < -0.3 is 11.1 Å². The van der Waals surface area contributed by atoms with Crippen molar-refractivity contribution in [2.45, 2.75) is 32.7 Å². The molecule has 0 fully saturated rings. The number of nitrogens with one attached hydrogen (secondary N) is 1. The van der Waals surface area contributed by atoms with Crippen molar-refractivity contribution in [3.8, 4) is 0 Å². The summed E-state index contributed by atoms with van der Waals surface area (Å²) in [4.78, 5) is 11.6. The third-order valence-corrected chi connectivity index (χ3v) is 2.70. The van der Waals surface area contributed by atoms with Crippen LogP contribution < -0.4 is 11.1 Å². The number of anilines is 1. The molecular formula is C14H20N2O. The van der Waals surface area contributed by atoms with Crippen LogP contribution in [-0.4, -0.2) is 11.9 Å². The summed E-state index contributed by atoms with van der Waals surface area (Å²) in [5, 5.41) is 2.95. The van der Waals surface area contributed by atoms with Gasteiger partial charge in [0, 0.05) is 17.8 Å². The molecule has 3 nitrogen and oxygen atoms in total. The summed E-state index contributed by atoms with van der Waals surface area (Å²) in [5.74, 6) is -0.0458. The number of carbonyl (C=O) groups is 1. The molecule has 0 heterocycles. The topological polar surface area (TPSA) is 55.1 Å². The second-order valence-electron chi connectivity index (χ2n) is 4.02. The number of hydrogen-bond acceptors (Lipinski definition) is 2. The summed E-state index contributed by atoms with van der Waals surface area (Å²) in [7, 11) is 0. The van der Waals surface area contributed by atoms with Crippen LogP contribution in [0.15, 0.2) is 30.3 Å². The van der Waals surface area contributed by atoms with Gasteiger partial charge in [-0.2, -0.15) is 0 Å². The van der Waals surface area contributed by atoms with E-state index in [9.17, 15) is 4.79 Å². The predicted molar refractivity (Wildman–Crippen MR) is 72.4 cm³/mol. The minimum atomic E-state index is -0.0458. The summed E-state index contributed by atoms with van der Waals surface area (Å²) in [6.45, 7) is 4.14. The number of hydrogen-bond donors (Lipinski definition) is 2. The van der Waals surface area contributed by atoms with Crippen LogP contribution in [0.3, 0.4) is 0 Å². The van der Waals surface area contributed by atoms with Crippen LogP contribution in [-0.2, 0) is 4.79 Å². The maximum atomic E-state index is 11.6. The first kappa shape index (κ1) is 13.3. The highest BCUT2D eigenvalue weighted by molar-refractivity contribution is 5.91. The Morgan fingerprint density at radius 1 is 1.29 bits per heavy atom. The van der Waals surface area contributed by atoms with E-state index in [-0.39, 0.29) is 11.9 Å². The summed E-state index contributed by atoms with van der Waals surface area (Å²) >= 11 is 0. The molecule has 1 aromatic rings. The van der Waals surface area contributed by atoms with Crippen LogP contribution in [0.2, 0.25) is 0 Å². The lowest BCUT2D eigenvalue weighted by Gasteiger charge is -2.12. The van der Waals surface area contributed by atoms with Crippen molar-refractivity contribution in [2.75, 3.05) is 5.73 Å². The summed E-state index contributed by atoms with van der Waals surface area (Å²) in [5.41, 5.74) is 7.28. The van der Waals surface area contributed by atoms with E-state index in [1.807, 2.05) is 24.3 Å². The van der Waals surface area contributed by atoms with Gasteiger partial charge in [0.25, 0.3) is 0 Å². The van der Waals surface area contributed by atoms with Gasteiger partial charge >= 0.3 is 0 Å². The molecule has 0 bridgehead atoms. The molecule has 0 unspecified atom stereocenters. The first-order valence-corrected chi connectivity index (χ1v) is 5.99. The number of carbonyl (C=O) groups excluding carboxylic acids is 1. The minimum absolute atomic E-state index is 0.0458. The SMILES string of the molecule is CCC(CC)NC(=O)/C=C/c1ccc(N)cc1. The maximum Gasteiger partial charge on any atom is 0.244 e. The molecule has 92 valence electrons. The van der Waals surface area contributed by atoms with Crippen LogP contribution in [0.4, 0.5) is 5.69 Å². The normalized spacial score (nSPS) is 11.0. The monoisotopic (exact) mass is 232 g/mol. The van der Waals surface area contributed by atoms with E-state index in [1.54, 1.807) is 12.2 Å². The van der Waals surface area contributed by atoms with Gasteiger partial charge in [-0.1, -0.05) is 26.0 Å². The molecule has 3 heteroatoms. The van der Waals surface area contributed by atoms with Gasteiger partial charge in [-0.05, 0) is 36.6 Å². The number of rotatable bonds is 5. The van der Waals surface area contributed by atoms with Crippen molar-refractivity contribution in [2.24, 2.45) is 0 Å². The maximum absolute atomic E-state index is 11.6. The van der Waals surface area contributed by atoms with Crippen LogP contribution in [0.5, 0.6) is 0 Å². The van der Waals surface area contributed by atoms with E-state index in [4.69, 9.17) is 5.73 Å². The third kappa shape index (κ3) is 4.72. The zero-order chi connectivity index (χ0) is 12.7. The van der Waals surface area contributed by atoms with Crippen LogP contribution in [0, 0.1) is 0 Å². The molecule has 0 saturated carbocycles. The first-order valence-electron chi connectivity index (χ1n) is 5.99. The molecule has 0 aliphatic heterocycles. The first-order chi connectivity index (χ1) is 8.15. The van der Waals surface area contributed by atoms with Gasteiger partial charge in [0.05, 0.1) is 0 Å². The molecular weight excluding hydrogens is 212 g/mol. The van der Waals surface area contributed by atoms with Crippen molar-refractivity contribution in [1.29, 1.82) is 0 Å². The molecule has 0 radical (unpaired) electrons. The van der Waals surface area contributed by atoms with E-state index >= 15 is 0 Å². The minimum Gasteiger partial charge on any atom is -0.399 e. The van der Waals surface area contributed by atoms with Crippen molar-refractivity contribution >= 4 is 17.7 Å². The number of amides is 1. The average Bonchev–Trinajstić information content (AvgIpc) is 2.35. The second kappa shape index (κ2) is 6.74. The molecule has 0 aromatic heterocycles. The van der Waals surface area contributed by atoms with Crippen LogP contribution in [0.25, 0.3) is 6.08 Å². The van der Waals surface area contributed by atoms with Crippen molar-refractivity contribution in [1.82, 2.24) is 5.32 Å². The molecule has 17 heavy (non-hydrogen) atoms. The van der Waals surface area contributed by atoms with Crippen molar-refractivity contribution in [3.63, 3.8) is 0 Å². The zero-order valence-corrected chi connectivity index (χ0v) is 10.4. The highest BCUT2D eigenvalue weighted by Gasteiger charge is 2.04. The number of benzene rings is 1. The Labute approximate surface area is 103 Å². The molecule has 0 saturated heterocycles. The lowest BCUT2D eigenvalue weighted by atomic mass is 10.1. The van der Waals surface area contributed by atoms with Gasteiger partial charge in [-0.25, -0.2) is 0 Å². The van der Waals surface area contributed by atoms with E-state index in [0.29, 0.717) is 0 Å². The molecule has 1 rings (SSSR count). The second-order valence-corrected chi connectivity index (χ2v) is 4.02. The van der Waals surface area contributed by atoms with Gasteiger partial charge in [-0.15, -0.1) is 0 Å². The molecule has 0 spiro atoms. The van der Waals surface area contributed by atoms with Crippen LogP contribution in [0.1, 0.15) is 32.3 Å². The summed E-state index contributed by atoms with van der Waals surface area (Å²) < 4.78 is 0. The Kier molecular flexibility index (Phi) is 5.27. The largest absolute Gasteiger partial charge is 0.399 e. The number of nitrogen functional groups attached to an aromatic ring is 1. The van der Waals surface area contributed by atoms with E-state index < -0.39 is 0 Å². The fraction of sp³-hybridized carbons (Fsp3) is 0.357. The standard InChI is InChI=1S/C14H20N2O/c1-3-13(4-2)16-14(17)10-7-11-5-8-12(15)9-6-11/h5-10,13H,3-4,15H2,1-2H3,(H,16,17)/b10-7+. The Morgan fingerprint density at radius 2 is 1.88 bits per heavy atom. The average molecular weight is 232 g/mol. The predicted octanol–water partition coefficient (Wildman–Crippen LogP) is 2.59. The molecule has 0 atom stereocenters. The molecule has 1 amide bonds. The van der Waals surface area contributed by atoms with Crippen molar-refractivity contribution < 1.29 is 4.79 Å². The molecule has 3 N–H and O–H groups in total. The number of nitrogens with two attached hydrogens (primary N) is 1. The van der Waals surface area contributed by atoms with Gasteiger partial charge in [0.2, 0.25) is 5.91 Å². The van der Waals surface area contributed by atoms with E-state index in [2.05, 4.69) is 19.2 Å².